The van der Waals surface area contributed by atoms with E-state index in [1.54, 1.807) is 0 Å². The third kappa shape index (κ3) is 4.17. The van der Waals surface area contributed by atoms with Crippen molar-refractivity contribution in [2.24, 2.45) is 5.41 Å². The van der Waals surface area contributed by atoms with E-state index < -0.39 is 0 Å². The summed E-state index contributed by atoms with van der Waals surface area (Å²) in [5, 5.41) is 4.29. The smallest absolute Gasteiger partial charge is 0.0450 e. The molecule has 1 aromatic rings. The fourth-order valence-electron chi connectivity index (χ4n) is 1.84. The Labute approximate surface area is 115 Å². The average Bonchev–Trinajstić information content (AvgIpc) is 2.37. The summed E-state index contributed by atoms with van der Waals surface area (Å²) in [5.41, 5.74) is 1.35. The van der Waals surface area contributed by atoms with E-state index in [4.69, 9.17) is 23.2 Å². The monoisotopic (exact) mass is 273 g/mol. The molecular weight excluding hydrogens is 253 g/mol. The van der Waals surface area contributed by atoms with Gasteiger partial charge in [-0.3, -0.25) is 0 Å². The molecule has 0 saturated heterocycles. The highest BCUT2D eigenvalue weighted by Crippen LogP contribution is 2.27. The van der Waals surface area contributed by atoms with Crippen LogP contribution in [0.3, 0.4) is 0 Å². The highest BCUT2D eigenvalue weighted by molar-refractivity contribution is 6.31. The minimum absolute atomic E-state index is 0.211. The lowest BCUT2D eigenvalue weighted by Gasteiger charge is -2.29. The van der Waals surface area contributed by atoms with Crippen LogP contribution in [0, 0.1) is 5.41 Å². The molecule has 0 aliphatic rings. The molecule has 0 aromatic heterocycles. The maximum atomic E-state index is 6.11. The molecule has 0 spiro atoms. The molecule has 0 unspecified atom stereocenters. The Bertz CT molecular complexity index is 326. The van der Waals surface area contributed by atoms with Crippen LogP contribution in [0.2, 0.25) is 5.02 Å². The van der Waals surface area contributed by atoms with Crippen LogP contribution < -0.4 is 5.32 Å². The molecule has 0 fully saturated rings. The fourth-order valence-corrected chi connectivity index (χ4v) is 2.52. The van der Waals surface area contributed by atoms with E-state index in [-0.39, 0.29) is 5.41 Å². The molecule has 0 radical (unpaired) electrons. The van der Waals surface area contributed by atoms with Gasteiger partial charge in [0.05, 0.1) is 0 Å². The van der Waals surface area contributed by atoms with Gasteiger partial charge in [0.25, 0.3) is 0 Å². The van der Waals surface area contributed by atoms with Crippen LogP contribution >= 0.6 is 23.2 Å². The van der Waals surface area contributed by atoms with Crippen LogP contribution in [-0.4, -0.2) is 12.4 Å². The number of rotatable bonds is 7. The van der Waals surface area contributed by atoms with Crippen molar-refractivity contribution in [1.29, 1.82) is 0 Å². The lowest BCUT2D eigenvalue weighted by Crippen LogP contribution is -2.34. The molecule has 1 rings (SSSR count). The number of halogens is 2. The topological polar surface area (TPSA) is 12.0 Å². The molecule has 3 heteroatoms. The molecular formula is C14H21Cl2N. The van der Waals surface area contributed by atoms with Crippen molar-refractivity contribution in [1.82, 2.24) is 5.32 Å². The maximum Gasteiger partial charge on any atom is 0.0450 e. The molecule has 96 valence electrons. The standard InChI is InChI=1S/C14H21Cl2N/c1-3-14(4-2,10-15)11-17-9-12-7-5-6-8-13(12)16/h5-8,17H,3-4,9-11H2,1-2H3. The minimum Gasteiger partial charge on any atom is -0.312 e. The Morgan fingerprint density at radius 3 is 2.35 bits per heavy atom. The molecule has 0 aliphatic carbocycles. The van der Waals surface area contributed by atoms with Crippen molar-refractivity contribution in [2.45, 2.75) is 33.2 Å². The summed E-state index contributed by atoms with van der Waals surface area (Å²) in [5.74, 6) is 0.704. The second-order valence-electron chi connectivity index (χ2n) is 4.54. The molecule has 0 amide bonds. The van der Waals surface area contributed by atoms with Gasteiger partial charge in [0.15, 0.2) is 0 Å². The van der Waals surface area contributed by atoms with Crippen LogP contribution in [0.4, 0.5) is 0 Å². The summed E-state index contributed by atoms with van der Waals surface area (Å²) in [6.45, 7) is 6.14. The van der Waals surface area contributed by atoms with Crippen molar-refractivity contribution < 1.29 is 0 Å². The van der Waals surface area contributed by atoms with Gasteiger partial charge in [0.2, 0.25) is 0 Å². The first-order chi connectivity index (χ1) is 8.17. The van der Waals surface area contributed by atoms with E-state index in [0.717, 1.165) is 36.5 Å². The second-order valence-corrected chi connectivity index (χ2v) is 5.21. The van der Waals surface area contributed by atoms with Gasteiger partial charge in [-0.15, -0.1) is 11.6 Å². The Kier molecular flexibility index (Phi) is 6.32. The Morgan fingerprint density at radius 2 is 1.82 bits per heavy atom. The normalized spacial score (nSPS) is 11.8. The first-order valence-corrected chi connectivity index (χ1v) is 7.09. The molecule has 0 heterocycles. The van der Waals surface area contributed by atoms with Crippen LogP contribution in [0.5, 0.6) is 0 Å². The zero-order chi connectivity index (χ0) is 12.7. The van der Waals surface area contributed by atoms with Crippen LogP contribution in [0.1, 0.15) is 32.3 Å². The molecule has 0 atom stereocenters. The van der Waals surface area contributed by atoms with E-state index in [1.165, 1.54) is 0 Å². The summed E-state index contributed by atoms with van der Waals surface area (Å²) in [4.78, 5) is 0. The molecule has 1 N–H and O–H groups in total. The average molecular weight is 274 g/mol. The predicted octanol–water partition coefficient (Wildman–Crippen LogP) is 4.47. The summed E-state index contributed by atoms with van der Waals surface area (Å²) in [6.07, 6.45) is 2.20. The molecule has 17 heavy (non-hydrogen) atoms. The number of hydrogen-bond donors (Lipinski definition) is 1. The van der Waals surface area contributed by atoms with Gasteiger partial charge in [-0.2, -0.15) is 0 Å². The Hall–Kier alpha value is -0.240. The van der Waals surface area contributed by atoms with E-state index in [1.807, 2.05) is 18.2 Å². The number of benzene rings is 1. The van der Waals surface area contributed by atoms with E-state index >= 15 is 0 Å². The largest absolute Gasteiger partial charge is 0.312 e. The highest BCUT2D eigenvalue weighted by Gasteiger charge is 2.24. The van der Waals surface area contributed by atoms with E-state index in [0.29, 0.717) is 5.88 Å². The van der Waals surface area contributed by atoms with Crippen molar-refractivity contribution in [3.8, 4) is 0 Å². The molecule has 1 nitrogen and oxygen atoms in total. The van der Waals surface area contributed by atoms with Gasteiger partial charge in [-0.25, -0.2) is 0 Å². The number of hydrogen-bond acceptors (Lipinski definition) is 1. The third-order valence-electron chi connectivity index (χ3n) is 3.56. The molecule has 0 saturated carbocycles. The Balaban J connectivity index is 2.49. The van der Waals surface area contributed by atoms with Gasteiger partial charge in [0, 0.05) is 24.0 Å². The van der Waals surface area contributed by atoms with Crippen LogP contribution in [0.25, 0.3) is 0 Å². The van der Waals surface area contributed by atoms with Gasteiger partial charge >= 0.3 is 0 Å². The lowest BCUT2D eigenvalue weighted by atomic mass is 9.84. The van der Waals surface area contributed by atoms with Gasteiger partial charge in [0.1, 0.15) is 0 Å². The van der Waals surface area contributed by atoms with Gasteiger partial charge in [-0.1, -0.05) is 43.6 Å². The van der Waals surface area contributed by atoms with Gasteiger partial charge < -0.3 is 5.32 Å². The third-order valence-corrected chi connectivity index (χ3v) is 4.49. The zero-order valence-corrected chi connectivity index (χ0v) is 12.1. The Morgan fingerprint density at radius 1 is 1.18 bits per heavy atom. The first-order valence-electron chi connectivity index (χ1n) is 6.17. The SMILES string of the molecule is CCC(CC)(CCl)CNCc1ccccc1Cl. The first kappa shape index (κ1) is 14.8. The van der Waals surface area contributed by atoms with Crippen LogP contribution in [0.15, 0.2) is 24.3 Å². The summed E-state index contributed by atoms with van der Waals surface area (Å²) in [7, 11) is 0. The van der Waals surface area contributed by atoms with E-state index in [9.17, 15) is 0 Å². The maximum absolute atomic E-state index is 6.11. The quantitative estimate of drug-likeness (QED) is 0.723. The molecule has 0 bridgehead atoms. The predicted molar refractivity (Wildman–Crippen MR) is 76.9 cm³/mol. The lowest BCUT2D eigenvalue weighted by molar-refractivity contribution is 0.286. The minimum atomic E-state index is 0.211. The molecule has 1 aromatic carbocycles. The summed E-state index contributed by atoms with van der Waals surface area (Å²) in [6, 6.07) is 7.94. The molecule has 0 aliphatic heterocycles. The van der Waals surface area contributed by atoms with E-state index in [2.05, 4.69) is 25.2 Å². The fraction of sp³-hybridized carbons (Fsp3) is 0.571. The van der Waals surface area contributed by atoms with Crippen molar-refractivity contribution in [3.63, 3.8) is 0 Å². The van der Waals surface area contributed by atoms with Crippen molar-refractivity contribution in [2.75, 3.05) is 12.4 Å². The summed E-state index contributed by atoms with van der Waals surface area (Å²) < 4.78 is 0. The van der Waals surface area contributed by atoms with Crippen molar-refractivity contribution >= 4 is 23.2 Å². The zero-order valence-electron chi connectivity index (χ0n) is 10.6. The van der Waals surface area contributed by atoms with Gasteiger partial charge in [-0.05, 0) is 29.9 Å². The summed E-state index contributed by atoms with van der Waals surface area (Å²) >= 11 is 12.2. The van der Waals surface area contributed by atoms with Crippen LogP contribution in [-0.2, 0) is 6.54 Å². The van der Waals surface area contributed by atoms with Crippen molar-refractivity contribution in [3.05, 3.63) is 34.9 Å². The highest BCUT2D eigenvalue weighted by atomic mass is 35.5. The number of nitrogens with one attached hydrogen (secondary N) is 1. The second kappa shape index (κ2) is 7.25. The number of alkyl halides is 1.